The van der Waals surface area contributed by atoms with Gasteiger partial charge in [0.15, 0.2) is 0 Å². The molecule has 1 saturated heterocycles. The van der Waals surface area contributed by atoms with Crippen LogP contribution in [0.15, 0.2) is 0 Å². The maximum absolute atomic E-state index is 12.8. The Labute approximate surface area is 70.1 Å². The van der Waals surface area contributed by atoms with E-state index in [2.05, 4.69) is 0 Å². The lowest BCUT2D eigenvalue weighted by molar-refractivity contribution is 0.136. The van der Waals surface area contributed by atoms with Gasteiger partial charge in [-0.25, -0.2) is 9.18 Å². The zero-order valence-electron chi connectivity index (χ0n) is 6.74. The van der Waals surface area contributed by atoms with Crippen LogP contribution >= 0.6 is 0 Å². The number of hydrogen-bond acceptors (Lipinski definition) is 2. The van der Waals surface area contributed by atoms with Crippen molar-refractivity contribution >= 4 is 6.09 Å². The molecule has 1 amide bonds. The highest BCUT2D eigenvalue weighted by molar-refractivity contribution is 5.66. The monoisotopic (exact) mass is 176 g/mol. The summed E-state index contributed by atoms with van der Waals surface area (Å²) in [6, 6.07) is -0.220. The normalized spacial score (nSPS) is 29.3. The van der Waals surface area contributed by atoms with Crippen LogP contribution in [-0.2, 0) is 0 Å². The molecule has 0 spiro atoms. The van der Waals surface area contributed by atoms with Crippen molar-refractivity contribution in [3.8, 4) is 0 Å². The summed E-state index contributed by atoms with van der Waals surface area (Å²) in [5.41, 5.74) is 5.27. The molecule has 0 aromatic carbocycles. The molecule has 0 saturated carbocycles. The van der Waals surface area contributed by atoms with Crippen LogP contribution in [0, 0.1) is 0 Å². The van der Waals surface area contributed by atoms with Gasteiger partial charge in [-0.3, -0.25) is 0 Å². The zero-order chi connectivity index (χ0) is 9.14. The molecular formula is C7H13FN2O2. The third-order valence-electron chi connectivity index (χ3n) is 2.11. The minimum Gasteiger partial charge on any atom is -0.465 e. The van der Waals surface area contributed by atoms with E-state index in [1.54, 1.807) is 0 Å². The van der Waals surface area contributed by atoms with Gasteiger partial charge in [0.05, 0.1) is 6.54 Å². The lowest BCUT2D eigenvalue weighted by Crippen LogP contribution is -2.35. The molecular weight excluding hydrogens is 163 g/mol. The van der Waals surface area contributed by atoms with Gasteiger partial charge in [-0.2, -0.15) is 0 Å². The summed E-state index contributed by atoms with van der Waals surface area (Å²) >= 11 is 0. The van der Waals surface area contributed by atoms with Gasteiger partial charge in [0, 0.05) is 12.5 Å². The Hall–Kier alpha value is -0.840. The van der Waals surface area contributed by atoms with Crippen molar-refractivity contribution in [1.82, 2.24) is 4.90 Å². The van der Waals surface area contributed by atoms with Crippen LogP contribution in [0.1, 0.15) is 12.8 Å². The Bertz CT molecular complexity index is 177. The minimum atomic E-state index is -1.05. The van der Waals surface area contributed by atoms with Crippen LogP contribution in [0.2, 0.25) is 0 Å². The third kappa shape index (κ3) is 1.85. The molecule has 2 atom stereocenters. The highest BCUT2D eigenvalue weighted by Crippen LogP contribution is 2.22. The summed E-state index contributed by atoms with van der Waals surface area (Å²) < 4.78 is 12.8. The fraction of sp³-hybridized carbons (Fsp3) is 0.857. The van der Waals surface area contributed by atoms with Gasteiger partial charge < -0.3 is 15.7 Å². The predicted molar refractivity (Wildman–Crippen MR) is 41.7 cm³/mol. The molecule has 0 bridgehead atoms. The van der Waals surface area contributed by atoms with E-state index in [1.807, 2.05) is 0 Å². The van der Waals surface area contributed by atoms with Gasteiger partial charge in [0.25, 0.3) is 0 Å². The van der Waals surface area contributed by atoms with Crippen LogP contribution in [0.5, 0.6) is 0 Å². The summed E-state index contributed by atoms with van der Waals surface area (Å²) in [5, 5.41) is 8.65. The number of hydrogen-bond donors (Lipinski definition) is 2. The molecule has 12 heavy (non-hydrogen) atoms. The molecule has 5 heteroatoms. The highest BCUT2D eigenvalue weighted by Gasteiger charge is 2.34. The topological polar surface area (TPSA) is 66.6 Å². The summed E-state index contributed by atoms with van der Waals surface area (Å²) in [6.07, 6.45) is -1.22. The molecule has 4 nitrogen and oxygen atoms in total. The Kier molecular flexibility index (Phi) is 2.86. The Balaban J connectivity index is 2.53. The molecule has 0 aromatic rings. The lowest BCUT2D eigenvalue weighted by atomic mass is 10.1. The second-order valence-electron chi connectivity index (χ2n) is 3.00. The number of carboxylic acid groups (broad SMARTS) is 1. The van der Waals surface area contributed by atoms with Crippen molar-refractivity contribution in [2.24, 2.45) is 5.73 Å². The molecule has 1 heterocycles. The molecule has 3 N–H and O–H groups in total. The fourth-order valence-corrected chi connectivity index (χ4v) is 1.56. The van der Waals surface area contributed by atoms with E-state index in [1.165, 1.54) is 0 Å². The first-order valence-electron chi connectivity index (χ1n) is 3.99. The molecule has 1 fully saturated rings. The van der Waals surface area contributed by atoms with Crippen molar-refractivity contribution in [2.45, 2.75) is 25.1 Å². The molecule has 70 valence electrons. The van der Waals surface area contributed by atoms with Crippen molar-refractivity contribution in [1.29, 1.82) is 0 Å². The van der Waals surface area contributed by atoms with Crippen molar-refractivity contribution in [3.05, 3.63) is 0 Å². The number of halogens is 1. The number of likely N-dealkylation sites (tertiary alicyclic amines) is 1. The lowest BCUT2D eigenvalue weighted by Gasteiger charge is -2.19. The number of rotatable bonds is 2. The number of nitrogens with two attached hydrogens (primary N) is 1. The van der Waals surface area contributed by atoms with Gasteiger partial charge in [0.2, 0.25) is 0 Å². The van der Waals surface area contributed by atoms with E-state index in [0.29, 0.717) is 19.4 Å². The van der Waals surface area contributed by atoms with Crippen LogP contribution in [0.25, 0.3) is 0 Å². The van der Waals surface area contributed by atoms with Crippen LogP contribution in [0.4, 0.5) is 9.18 Å². The SMILES string of the molecule is NCC[C@@H]1C[C@@H](F)CN1C(=O)O. The van der Waals surface area contributed by atoms with Gasteiger partial charge in [-0.1, -0.05) is 0 Å². The molecule has 0 radical (unpaired) electrons. The summed E-state index contributed by atoms with van der Waals surface area (Å²) in [6.45, 7) is 0.404. The molecule has 1 rings (SSSR count). The van der Waals surface area contributed by atoms with Crippen LogP contribution in [0.3, 0.4) is 0 Å². The summed E-state index contributed by atoms with van der Waals surface area (Å²) in [5.74, 6) is 0. The van der Waals surface area contributed by atoms with E-state index in [4.69, 9.17) is 10.8 Å². The smallest absolute Gasteiger partial charge is 0.407 e. The minimum absolute atomic E-state index is 0. The molecule has 1 aliphatic rings. The molecule has 1 aliphatic heterocycles. The number of nitrogens with zero attached hydrogens (tertiary/aromatic N) is 1. The molecule has 0 unspecified atom stereocenters. The van der Waals surface area contributed by atoms with Gasteiger partial charge in [-0.15, -0.1) is 0 Å². The first-order valence-corrected chi connectivity index (χ1v) is 3.99. The van der Waals surface area contributed by atoms with E-state index in [0.717, 1.165) is 4.90 Å². The Morgan fingerprint density at radius 3 is 2.92 bits per heavy atom. The number of carbonyl (C=O) groups is 1. The Morgan fingerprint density at radius 2 is 2.42 bits per heavy atom. The van der Waals surface area contributed by atoms with Gasteiger partial charge in [-0.05, 0) is 13.0 Å². The van der Waals surface area contributed by atoms with E-state index >= 15 is 0 Å². The van der Waals surface area contributed by atoms with E-state index < -0.39 is 12.3 Å². The van der Waals surface area contributed by atoms with Crippen LogP contribution < -0.4 is 5.73 Å². The van der Waals surface area contributed by atoms with Crippen molar-refractivity contribution in [2.75, 3.05) is 13.1 Å². The number of alkyl halides is 1. The van der Waals surface area contributed by atoms with Gasteiger partial charge >= 0.3 is 6.09 Å². The average molecular weight is 176 g/mol. The fourth-order valence-electron chi connectivity index (χ4n) is 1.56. The van der Waals surface area contributed by atoms with Crippen molar-refractivity contribution in [3.63, 3.8) is 0 Å². The zero-order valence-corrected chi connectivity index (χ0v) is 6.74. The molecule has 0 aliphatic carbocycles. The summed E-state index contributed by atoms with van der Waals surface area (Å²) in [7, 11) is 0. The largest absolute Gasteiger partial charge is 0.465 e. The first-order chi connectivity index (χ1) is 5.65. The third-order valence-corrected chi connectivity index (χ3v) is 2.11. The van der Waals surface area contributed by atoms with Gasteiger partial charge in [0.1, 0.15) is 6.17 Å². The maximum atomic E-state index is 12.8. The van der Waals surface area contributed by atoms with Crippen molar-refractivity contribution < 1.29 is 14.3 Å². The standard InChI is InChI=1S/C7H13FN2O2/c8-5-3-6(1-2-9)10(4-5)7(11)12/h5-6H,1-4,9H2,(H,11,12)/t5-,6-/m1/s1. The first kappa shape index (κ1) is 9.25. The molecule has 0 aromatic heterocycles. The average Bonchev–Trinajstić information content (AvgIpc) is 2.32. The second-order valence-corrected chi connectivity index (χ2v) is 3.00. The quantitative estimate of drug-likeness (QED) is 0.641. The predicted octanol–water partition coefficient (Wildman–Crippen LogP) is 0.426. The maximum Gasteiger partial charge on any atom is 0.407 e. The highest BCUT2D eigenvalue weighted by atomic mass is 19.1. The van der Waals surface area contributed by atoms with Crippen LogP contribution in [-0.4, -0.2) is 41.4 Å². The second kappa shape index (κ2) is 3.71. The number of amides is 1. The van der Waals surface area contributed by atoms with E-state index in [9.17, 15) is 9.18 Å². The Morgan fingerprint density at radius 1 is 1.75 bits per heavy atom. The van der Waals surface area contributed by atoms with E-state index in [-0.39, 0.29) is 12.6 Å². The summed E-state index contributed by atoms with van der Waals surface area (Å²) in [4.78, 5) is 11.7.